The molecule has 0 aliphatic carbocycles. The first-order chi connectivity index (χ1) is 13.1. The van der Waals surface area contributed by atoms with E-state index < -0.39 is 11.0 Å². The van der Waals surface area contributed by atoms with E-state index in [1.165, 1.54) is 5.56 Å². The highest BCUT2D eigenvalue weighted by Crippen LogP contribution is 2.28. The smallest absolute Gasteiger partial charge is 0.313 e. The molecular formula is C23H36N2O3. The zero-order valence-electron chi connectivity index (χ0n) is 18.1. The highest BCUT2D eigenvalue weighted by Gasteiger charge is 2.40. The van der Waals surface area contributed by atoms with Gasteiger partial charge in [0.25, 0.3) is 0 Å². The Hall–Kier alpha value is -1.43. The molecule has 1 aromatic carbocycles. The second-order valence-corrected chi connectivity index (χ2v) is 9.84. The quantitative estimate of drug-likeness (QED) is 0.724. The Kier molecular flexibility index (Phi) is 6.47. The third-order valence-corrected chi connectivity index (χ3v) is 5.59. The molecule has 5 heteroatoms. The average Bonchev–Trinajstić information content (AvgIpc) is 2.61. The first kappa shape index (κ1) is 21.3. The van der Waals surface area contributed by atoms with Crippen LogP contribution in [-0.4, -0.2) is 66.3 Å². The fourth-order valence-electron chi connectivity index (χ4n) is 4.23. The van der Waals surface area contributed by atoms with E-state index >= 15 is 0 Å². The van der Waals surface area contributed by atoms with Gasteiger partial charge in [0.1, 0.15) is 5.60 Å². The van der Waals surface area contributed by atoms with Gasteiger partial charge >= 0.3 is 5.97 Å². The molecule has 0 spiro atoms. The molecule has 0 radical (unpaired) electrons. The van der Waals surface area contributed by atoms with Crippen LogP contribution in [0.3, 0.4) is 0 Å². The molecule has 0 bridgehead atoms. The second kappa shape index (κ2) is 8.52. The fourth-order valence-corrected chi connectivity index (χ4v) is 4.23. The third-order valence-electron chi connectivity index (χ3n) is 5.59. The SMILES string of the molecule is CC(C)(C)OC(=O)C(C)(C)CN1CC[C@@H]2[C@H](C1)OCCN2Cc1ccccc1. The largest absolute Gasteiger partial charge is 0.460 e. The van der Waals surface area contributed by atoms with Crippen LogP contribution in [0, 0.1) is 5.41 Å². The van der Waals surface area contributed by atoms with Crippen molar-refractivity contribution in [2.24, 2.45) is 5.41 Å². The van der Waals surface area contributed by atoms with Crippen LogP contribution in [0.4, 0.5) is 0 Å². The lowest BCUT2D eigenvalue weighted by Crippen LogP contribution is -2.60. The molecule has 3 rings (SSSR count). The number of carbonyl (C=O) groups is 1. The summed E-state index contributed by atoms with van der Waals surface area (Å²) in [5, 5.41) is 0. The van der Waals surface area contributed by atoms with Crippen LogP contribution in [0.15, 0.2) is 30.3 Å². The van der Waals surface area contributed by atoms with Crippen LogP contribution in [-0.2, 0) is 20.8 Å². The highest BCUT2D eigenvalue weighted by molar-refractivity contribution is 5.76. The Labute approximate surface area is 170 Å². The van der Waals surface area contributed by atoms with E-state index in [1.54, 1.807) is 0 Å². The first-order valence-electron chi connectivity index (χ1n) is 10.5. The van der Waals surface area contributed by atoms with Crippen LogP contribution in [0.25, 0.3) is 0 Å². The van der Waals surface area contributed by atoms with Crippen LogP contribution >= 0.6 is 0 Å². The van der Waals surface area contributed by atoms with Gasteiger partial charge in [0.2, 0.25) is 0 Å². The number of piperidine rings is 1. The van der Waals surface area contributed by atoms with Crippen LogP contribution in [0.5, 0.6) is 0 Å². The van der Waals surface area contributed by atoms with Crippen LogP contribution < -0.4 is 0 Å². The summed E-state index contributed by atoms with van der Waals surface area (Å²) in [4.78, 5) is 17.5. The predicted octanol–water partition coefficient (Wildman–Crippen LogP) is 3.33. The number of hydrogen-bond acceptors (Lipinski definition) is 5. The number of nitrogens with zero attached hydrogens (tertiary/aromatic N) is 2. The molecule has 0 aromatic heterocycles. The summed E-state index contributed by atoms with van der Waals surface area (Å²) >= 11 is 0. The Morgan fingerprint density at radius 1 is 1.14 bits per heavy atom. The molecule has 2 heterocycles. The van der Waals surface area contributed by atoms with Crippen molar-refractivity contribution in [2.45, 2.75) is 65.3 Å². The monoisotopic (exact) mass is 388 g/mol. The molecule has 156 valence electrons. The molecule has 0 unspecified atom stereocenters. The van der Waals surface area contributed by atoms with E-state index in [1.807, 2.05) is 34.6 Å². The van der Waals surface area contributed by atoms with Crippen LogP contribution in [0.2, 0.25) is 0 Å². The summed E-state index contributed by atoms with van der Waals surface area (Å²) in [6.07, 6.45) is 1.28. The summed E-state index contributed by atoms with van der Waals surface area (Å²) < 4.78 is 11.8. The summed E-state index contributed by atoms with van der Waals surface area (Å²) in [5.74, 6) is -0.127. The summed E-state index contributed by atoms with van der Waals surface area (Å²) in [7, 11) is 0. The molecule has 0 N–H and O–H groups in total. The van der Waals surface area contributed by atoms with Crippen molar-refractivity contribution in [1.82, 2.24) is 9.80 Å². The van der Waals surface area contributed by atoms with Gasteiger partial charge in [-0.3, -0.25) is 14.6 Å². The maximum absolute atomic E-state index is 12.6. The lowest BCUT2D eigenvalue weighted by atomic mass is 9.90. The maximum Gasteiger partial charge on any atom is 0.313 e. The van der Waals surface area contributed by atoms with Gasteiger partial charge in [-0.05, 0) is 53.1 Å². The van der Waals surface area contributed by atoms with Gasteiger partial charge in [0.05, 0.1) is 18.1 Å². The van der Waals surface area contributed by atoms with Gasteiger partial charge < -0.3 is 9.47 Å². The molecule has 2 saturated heterocycles. The van der Waals surface area contributed by atoms with E-state index in [4.69, 9.17) is 9.47 Å². The lowest BCUT2D eigenvalue weighted by Gasteiger charge is -2.48. The van der Waals surface area contributed by atoms with E-state index in [9.17, 15) is 4.79 Å². The van der Waals surface area contributed by atoms with Crippen molar-refractivity contribution in [3.8, 4) is 0 Å². The number of ether oxygens (including phenoxy) is 2. The topological polar surface area (TPSA) is 42.0 Å². The standard InChI is InChI=1S/C23H36N2O3/c1-22(2,3)28-21(26)23(4,5)17-24-12-11-19-20(16-24)27-14-13-25(19)15-18-9-7-6-8-10-18/h6-10,19-20H,11-17H2,1-5H3/t19-,20+/m1/s1. The molecular weight excluding hydrogens is 352 g/mol. The molecule has 2 aliphatic heterocycles. The maximum atomic E-state index is 12.6. The van der Waals surface area contributed by atoms with Gasteiger partial charge in [-0.25, -0.2) is 0 Å². The molecule has 2 atom stereocenters. The minimum Gasteiger partial charge on any atom is -0.460 e. The number of rotatable bonds is 5. The molecule has 5 nitrogen and oxygen atoms in total. The Balaban J connectivity index is 1.57. The first-order valence-corrected chi connectivity index (χ1v) is 10.5. The Morgan fingerprint density at radius 2 is 1.86 bits per heavy atom. The zero-order chi connectivity index (χ0) is 20.4. The van der Waals surface area contributed by atoms with Gasteiger partial charge in [-0.1, -0.05) is 30.3 Å². The molecule has 0 amide bonds. The number of fused-ring (bicyclic) bond motifs is 1. The normalized spacial score (nSPS) is 24.6. The highest BCUT2D eigenvalue weighted by atomic mass is 16.6. The zero-order valence-corrected chi connectivity index (χ0v) is 18.1. The molecule has 1 aromatic rings. The minimum atomic E-state index is -0.529. The number of hydrogen-bond donors (Lipinski definition) is 0. The minimum absolute atomic E-state index is 0.127. The van der Waals surface area contributed by atoms with Crippen molar-refractivity contribution in [2.75, 3.05) is 32.8 Å². The van der Waals surface area contributed by atoms with E-state index in [0.717, 1.165) is 39.2 Å². The number of morpholine rings is 1. The van der Waals surface area contributed by atoms with Gasteiger partial charge in [-0.2, -0.15) is 0 Å². The fraction of sp³-hybridized carbons (Fsp3) is 0.696. The van der Waals surface area contributed by atoms with Crippen molar-refractivity contribution in [3.63, 3.8) is 0 Å². The number of likely N-dealkylation sites (tertiary alicyclic amines) is 1. The van der Waals surface area contributed by atoms with Crippen LogP contribution in [0.1, 0.15) is 46.6 Å². The summed E-state index contributed by atoms with van der Waals surface area (Å²) in [6, 6.07) is 11.1. The van der Waals surface area contributed by atoms with Gasteiger partial charge in [-0.15, -0.1) is 0 Å². The summed E-state index contributed by atoms with van der Waals surface area (Å²) in [6.45, 7) is 15.0. The second-order valence-electron chi connectivity index (χ2n) is 9.84. The Bertz CT molecular complexity index is 654. The van der Waals surface area contributed by atoms with Crippen molar-refractivity contribution >= 4 is 5.97 Å². The molecule has 2 fully saturated rings. The van der Waals surface area contributed by atoms with Gasteiger partial charge in [0.15, 0.2) is 0 Å². The Morgan fingerprint density at radius 3 is 2.54 bits per heavy atom. The molecule has 0 saturated carbocycles. The third kappa shape index (κ3) is 5.56. The lowest BCUT2D eigenvalue weighted by molar-refractivity contribution is -0.168. The number of esters is 1. The summed E-state index contributed by atoms with van der Waals surface area (Å²) in [5.41, 5.74) is 0.376. The van der Waals surface area contributed by atoms with Crippen molar-refractivity contribution in [1.29, 1.82) is 0 Å². The van der Waals surface area contributed by atoms with Crippen molar-refractivity contribution in [3.05, 3.63) is 35.9 Å². The van der Waals surface area contributed by atoms with Gasteiger partial charge in [0, 0.05) is 32.2 Å². The van der Waals surface area contributed by atoms with E-state index in [0.29, 0.717) is 12.6 Å². The predicted molar refractivity (Wildman–Crippen MR) is 111 cm³/mol. The van der Waals surface area contributed by atoms with E-state index in [2.05, 4.69) is 40.1 Å². The van der Waals surface area contributed by atoms with E-state index in [-0.39, 0.29) is 12.1 Å². The number of carbonyl (C=O) groups excluding carboxylic acids is 1. The number of benzene rings is 1. The molecule has 2 aliphatic rings. The molecule has 28 heavy (non-hydrogen) atoms. The average molecular weight is 389 g/mol. The van der Waals surface area contributed by atoms with Crippen molar-refractivity contribution < 1.29 is 14.3 Å².